The molecule has 2 aromatic carbocycles. The van der Waals surface area contributed by atoms with Crippen molar-refractivity contribution < 1.29 is 9.53 Å². The van der Waals surface area contributed by atoms with Crippen LogP contribution in [0.1, 0.15) is 6.92 Å². The predicted molar refractivity (Wildman–Crippen MR) is 115 cm³/mol. The molecule has 2 heterocycles. The van der Waals surface area contributed by atoms with Gasteiger partial charge in [-0.1, -0.05) is 18.2 Å². The summed E-state index contributed by atoms with van der Waals surface area (Å²) >= 11 is 0. The molecule has 1 saturated heterocycles. The van der Waals surface area contributed by atoms with Crippen molar-refractivity contribution in [2.75, 3.05) is 41.8 Å². The van der Waals surface area contributed by atoms with Crippen molar-refractivity contribution in [3.8, 4) is 11.3 Å². The summed E-state index contributed by atoms with van der Waals surface area (Å²) in [7, 11) is 0. The number of hydrogen-bond acceptors (Lipinski definition) is 6. The van der Waals surface area contributed by atoms with E-state index in [0.717, 1.165) is 48.9 Å². The first-order valence-corrected chi connectivity index (χ1v) is 9.59. The molecule has 1 amide bonds. The summed E-state index contributed by atoms with van der Waals surface area (Å²) in [6.07, 6.45) is 1.71. The second-order valence-electron chi connectivity index (χ2n) is 6.76. The number of morpholine rings is 1. The van der Waals surface area contributed by atoms with E-state index in [4.69, 9.17) is 4.74 Å². The molecule has 0 spiro atoms. The standard InChI is InChI=1S/C22H23N5O2/c1-16(28)24-20-5-3-2-4-19(20)21-10-11-23-22(26-21)25-17-6-8-18(9-7-17)27-12-14-29-15-13-27/h2-11H,12-15H2,1H3,(H,24,28)(H,23,25,26). The number of rotatable bonds is 5. The van der Waals surface area contributed by atoms with Crippen LogP contribution in [0.3, 0.4) is 0 Å². The topological polar surface area (TPSA) is 79.4 Å². The Labute approximate surface area is 169 Å². The maximum absolute atomic E-state index is 11.5. The maximum Gasteiger partial charge on any atom is 0.227 e. The third-order valence-corrected chi connectivity index (χ3v) is 4.67. The number of nitrogens with one attached hydrogen (secondary N) is 2. The van der Waals surface area contributed by atoms with E-state index in [1.54, 1.807) is 6.20 Å². The molecule has 1 aliphatic rings. The largest absolute Gasteiger partial charge is 0.378 e. The quantitative estimate of drug-likeness (QED) is 0.693. The number of hydrogen-bond donors (Lipinski definition) is 2. The average Bonchev–Trinajstić information content (AvgIpc) is 2.75. The Kier molecular flexibility index (Phi) is 5.67. The fraction of sp³-hybridized carbons (Fsp3) is 0.227. The summed E-state index contributed by atoms with van der Waals surface area (Å²) in [5, 5.41) is 6.10. The summed E-state index contributed by atoms with van der Waals surface area (Å²) in [5.41, 5.74) is 4.39. The Morgan fingerprint density at radius 1 is 1.03 bits per heavy atom. The summed E-state index contributed by atoms with van der Waals surface area (Å²) < 4.78 is 5.41. The zero-order valence-corrected chi connectivity index (χ0v) is 16.3. The van der Waals surface area contributed by atoms with Crippen LogP contribution in [0.2, 0.25) is 0 Å². The summed E-state index contributed by atoms with van der Waals surface area (Å²) in [5.74, 6) is 0.379. The lowest BCUT2D eigenvalue weighted by Gasteiger charge is -2.28. The molecule has 7 heteroatoms. The Bertz CT molecular complexity index is 985. The number of benzene rings is 2. The molecule has 0 aliphatic carbocycles. The van der Waals surface area contributed by atoms with E-state index in [1.165, 1.54) is 12.6 Å². The van der Waals surface area contributed by atoms with Crippen molar-refractivity contribution >= 4 is 28.9 Å². The average molecular weight is 389 g/mol. The van der Waals surface area contributed by atoms with Crippen LogP contribution < -0.4 is 15.5 Å². The molecule has 0 bridgehead atoms. The van der Waals surface area contributed by atoms with E-state index in [2.05, 4.69) is 37.6 Å². The Hall–Kier alpha value is -3.45. The molecule has 0 atom stereocenters. The van der Waals surface area contributed by atoms with E-state index < -0.39 is 0 Å². The van der Waals surface area contributed by atoms with Crippen LogP contribution in [-0.2, 0) is 9.53 Å². The molecule has 1 aromatic heterocycles. The molecule has 0 radical (unpaired) electrons. The van der Waals surface area contributed by atoms with Crippen molar-refractivity contribution in [2.45, 2.75) is 6.92 Å². The number of carbonyl (C=O) groups excluding carboxylic acids is 1. The van der Waals surface area contributed by atoms with Crippen molar-refractivity contribution in [1.29, 1.82) is 0 Å². The maximum atomic E-state index is 11.5. The molecule has 29 heavy (non-hydrogen) atoms. The zero-order valence-electron chi connectivity index (χ0n) is 16.3. The van der Waals surface area contributed by atoms with Gasteiger partial charge in [-0.3, -0.25) is 4.79 Å². The van der Waals surface area contributed by atoms with Crippen molar-refractivity contribution in [3.05, 3.63) is 60.8 Å². The van der Waals surface area contributed by atoms with E-state index in [1.807, 2.05) is 42.5 Å². The van der Waals surface area contributed by atoms with Gasteiger partial charge >= 0.3 is 0 Å². The number of amides is 1. The van der Waals surface area contributed by atoms with Gasteiger partial charge in [-0.05, 0) is 36.4 Å². The highest BCUT2D eigenvalue weighted by Crippen LogP contribution is 2.27. The minimum absolute atomic E-state index is 0.120. The number of para-hydroxylation sites is 1. The number of carbonyl (C=O) groups is 1. The van der Waals surface area contributed by atoms with Gasteiger partial charge in [0.2, 0.25) is 11.9 Å². The fourth-order valence-electron chi connectivity index (χ4n) is 3.28. The lowest BCUT2D eigenvalue weighted by atomic mass is 10.1. The van der Waals surface area contributed by atoms with Gasteiger partial charge in [0.15, 0.2) is 0 Å². The van der Waals surface area contributed by atoms with Crippen molar-refractivity contribution in [3.63, 3.8) is 0 Å². The minimum Gasteiger partial charge on any atom is -0.378 e. The van der Waals surface area contributed by atoms with Gasteiger partial charge in [-0.25, -0.2) is 9.97 Å². The first-order chi connectivity index (χ1) is 14.2. The second kappa shape index (κ2) is 8.70. The molecule has 1 fully saturated rings. The molecule has 0 saturated carbocycles. The van der Waals surface area contributed by atoms with Crippen LogP contribution in [0.25, 0.3) is 11.3 Å². The molecular formula is C22H23N5O2. The predicted octanol–water partition coefficient (Wildman–Crippen LogP) is 3.68. The van der Waals surface area contributed by atoms with E-state index >= 15 is 0 Å². The van der Waals surface area contributed by atoms with Crippen LogP contribution in [0.15, 0.2) is 60.8 Å². The molecule has 7 nitrogen and oxygen atoms in total. The SMILES string of the molecule is CC(=O)Nc1ccccc1-c1ccnc(Nc2ccc(N3CCOCC3)cc2)n1. The van der Waals surface area contributed by atoms with Gasteiger partial charge in [0.1, 0.15) is 0 Å². The van der Waals surface area contributed by atoms with Crippen LogP contribution in [0.4, 0.5) is 23.0 Å². The molecular weight excluding hydrogens is 366 g/mol. The number of nitrogens with zero attached hydrogens (tertiary/aromatic N) is 3. The zero-order chi connectivity index (χ0) is 20.1. The molecule has 0 unspecified atom stereocenters. The van der Waals surface area contributed by atoms with Gasteiger partial charge < -0.3 is 20.3 Å². The van der Waals surface area contributed by atoms with Gasteiger partial charge in [-0.15, -0.1) is 0 Å². The van der Waals surface area contributed by atoms with Gasteiger partial charge in [0, 0.05) is 43.1 Å². The molecule has 1 aliphatic heterocycles. The highest BCUT2D eigenvalue weighted by molar-refractivity contribution is 5.93. The second-order valence-corrected chi connectivity index (χ2v) is 6.76. The fourth-order valence-corrected chi connectivity index (χ4v) is 3.28. The molecule has 4 rings (SSSR count). The van der Waals surface area contributed by atoms with Crippen LogP contribution in [0.5, 0.6) is 0 Å². The summed E-state index contributed by atoms with van der Waals surface area (Å²) in [4.78, 5) is 22.7. The van der Waals surface area contributed by atoms with E-state index in [-0.39, 0.29) is 5.91 Å². The van der Waals surface area contributed by atoms with Crippen LogP contribution in [-0.4, -0.2) is 42.2 Å². The normalized spacial score (nSPS) is 13.8. The lowest BCUT2D eigenvalue weighted by molar-refractivity contribution is -0.114. The van der Waals surface area contributed by atoms with E-state index in [9.17, 15) is 4.79 Å². The Morgan fingerprint density at radius 3 is 2.55 bits per heavy atom. The third-order valence-electron chi connectivity index (χ3n) is 4.67. The van der Waals surface area contributed by atoms with Crippen LogP contribution >= 0.6 is 0 Å². The van der Waals surface area contributed by atoms with Crippen molar-refractivity contribution in [2.24, 2.45) is 0 Å². The van der Waals surface area contributed by atoms with Gasteiger partial charge in [0.05, 0.1) is 24.6 Å². The number of aromatic nitrogens is 2. The Morgan fingerprint density at radius 2 is 1.79 bits per heavy atom. The summed E-state index contributed by atoms with van der Waals surface area (Å²) in [6.45, 7) is 4.84. The number of ether oxygens (including phenoxy) is 1. The highest BCUT2D eigenvalue weighted by Gasteiger charge is 2.11. The molecule has 2 N–H and O–H groups in total. The first kappa shape index (κ1) is 18.9. The lowest BCUT2D eigenvalue weighted by Crippen LogP contribution is -2.36. The van der Waals surface area contributed by atoms with Gasteiger partial charge in [-0.2, -0.15) is 0 Å². The molecule has 148 valence electrons. The first-order valence-electron chi connectivity index (χ1n) is 9.59. The van der Waals surface area contributed by atoms with E-state index in [0.29, 0.717) is 5.95 Å². The van der Waals surface area contributed by atoms with Crippen molar-refractivity contribution in [1.82, 2.24) is 9.97 Å². The highest BCUT2D eigenvalue weighted by atomic mass is 16.5. The Balaban J connectivity index is 1.52. The van der Waals surface area contributed by atoms with Crippen LogP contribution in [0, 0.1) is 0 Å². The molecule has 3 aromatic rings. The smallest absolute Gasteiger partial charge is 0.227 e. The van der Waals surface area contributed by atoms with Gasteiger partial charge in [0.25, 0.3) is 0 Å². The number of anilines is 4. The minimum atomic E-state index is -0.120. The third kappa shape index (κ3) is 4.70. The summed E-state index contributed by atoms with van der Waals surface area (Å²) in [6, 6.07) is 17.6. The monoisotopic (exact) mass is 389 g/mol.